The summed E-state index contributed by atoms with van der Waals surface area (Å²) in [6, 6.07) is -0.789. The van der Waals surface area contributed by atoms with Crippen LogP contribution in [0.3, 0.4) is 0 Å². The van der Waals surface area contributed by atoms with Crippen LogP contribution in [-0.4, -0.2) is 35.7 Å². The molecule has 0 aromatic carbocycles. The van der Waals surface area contributed by atoms with Crippen molar-refractivity contribution in [2.24, 2.45) is 0 Å². The summed E-state index contributed by atoms with van der Waals surface area (Å²) in [6.45, 7) is 7.95. The predicted octanol–water partition coefficient (Wildman–Crippen LogP) is 2.20. The van der Waals surface area contributed by atoms with Crippen molar-refractivity contribution in [1.29, 1.82) is 0 Å². The number of carbonyl (C=O) groups excluding carboxylic acids is 2. The Morgan fingerprint density at radius 2 is 1.55 bits per heavy atom. The number of thiophene rings is 1. The third-order valence-electron chi connectivity index (χ3n) is 4.89. The fraction of sp³-hybridized carbons (Fsp3) is 0.500. The fourth-order valence-corrected chi connectivity index (χ4v) is 4.54. The molecule has 2 aliphatic rings. The average Bonchev–Trinajstić information content (AvgIpc) is 2.98. The fourth-order valence-electron chi connectivity index (χ4n) is 3.55. The van der Waals surface area contributed by atoms with Gasteiger partial charge in [0.15, 0.2) is 11.5 Å². The van der Waals surface area contributed by atoms with Crippen LogP contribution in [0.2, 0.25) is 0 Å². The molecule has 116 valence electrons. The van der Waals surface area contributed by atoms with E-state index in [2.05, 4.69) is 10.6 Å². The first kappa shape index (κ1) is 14.1. The Hall–Kier alpha value is -1.50. The number of aryl methyl sites for hydroxylation is 2. The van der Waals surface area contributed by atoms with E-state index in [0.29, 0.717) is 11.1 Å². The van der Waals surface area contributed by atoms with Crippen LogP contribution in [0, 0.1) is 13.8 Å². The summed E-state index contributed by atoms with van der Waals surface area (Å²) in [5.74, 6) is 0.0719. The Morgan fingerprint density at radius 3 is 2.18 bits per heavy atom. The van der Waals surface area contributed by atoms with Crippen molar-refractivity contribution in [2.75, 3.05) is 0 Å². The maximum Gasteiger partial charge on any atom is 0.217 e. The van der Waals surface area contributed by atoms with E-state index in [1.807, 2.05) is 27.7 Å². The summed E-state index contributed by atoms with van der Waals surface area (Å²) in [6.07, 6.45) is 0. The van der Waals surface area contributed by atoms with Gasteiger partial charge in [-0.25, -0.2) is 0 Å². The van der Waals surface area contributed by atoms with Crippen molar-refractivity contribution in [3.8, 4) is 0 Å². The van der Waals surface area contributed by atoms with Crippen LogP contribution < -0.4 is 10.6 Å². The van der Waals surface area contributed by atoms with E-state index in [0.717, 1.165) is 15.1 Å². The molecule has 2 aromatic rings. The first-order valence-electron chi connectivity index (χ1n) is 7.53. The van der Waals surface area contributed by atoms with E-state index in [-0.39, 0.29) is 29.4 Å². The van der Waals surface area contributed by atoms with Gasteiger partial charge in [0.1, 0.15) is 5.58 Å². The topological polar surface area (TPSA) is 71.3 Å². The van der Waals surface area contributed by atoms with Gasteiger partial charge in [-0.15, -0.1) is 11.3 Å². The second-order valence-corrected chi connectivity index (χ2v) is 7.75. The van der Waals surface area contributed by atoms with Crippen LogP contribution >= 0.6 is 11.3 Å². The third-order valence-corrected chi connectivity index (χ3v) is 5.89. The van der Waals surface area contributed by atoms with Gasteiger partial charge >= 0.3 is 0 Å². The molecule has 6 heteroatoms. The summed E-state index contributed by atoms with van der Waals surface area (Å²) in [5.41, 5.74) is 1.16. The van der Waals surface area contributed by atoms with Crippen LogP contribution in [0.5, 0.6) is 0 Å². The highest BCUT2D eigenvalue weighted by molar-refractivity contribution is 7.13. The minimum absolute atomic E-state index is 0.0366. The molecule has 1 saturated heterocycles. The monoisotopic (exact) mass is 318 g/mol. The number of hydrogen-bond acceptors (Lipinski definition) is 6. The van der Waals surface area contributed by atoms with Crippen LogP contribution in [0.15, 0.2) is 4.42 Å². The van der Waals surface area contributed by atoms with E-state index >= 15 is 0 Å². The van der Waals surface area contributed by atoms with Gasteiger partial charge in [0.2, 0.25) is 5.78 Å². The van der Waals surface area contributed by atoms with Gasteiger partial charge in [0.05, 0.1) is 17.6 Å². The van der Waals surface area contributed by atoms with E-state index < -0.39 is 12.1 Å². The molecule has 2 N–H and O–H groups in total. The molecular formula is C16H18N2O3S. The number of rotatable bonds is 0. The van der Waals surface area contributed by atoms with Crippen LogP contribution in [0.1, 0.15) is 44.5 Å². The Balaban J connectivity index is 1.94. The number of nitrogens with one attached hydrogen (secondary N) is 2. The largest absolute Gasteiger partial charge is 0.451 e. The molecule has 1 aliphatic heterocycles. The highest BCUT2D eigenvalue weighted by Crippen LogP contribution is 2.40. The molecule has 5 nitrogen and oxygen atoms in total. The molecular weight excluding hydrogens is 300 g/mol. The molecule has 4 unspecified atom stereocenters. The van der Waals surface area contributed by atoms with Crippen LogP contribution in [-0.2, 0) is 0 Å². The number of hydrogen-bond donors (Lipinski definition) is 2. The highest BCUT2D eigenvalue weighted by Gasteiger charge is 2.49. The maximum absolute atomic E-state index is 13.0. The molecule has 0 saturated carbocycles. The zero-order chi connectivity index (χ0) is 15.8. The lowest BCUT2D eigenvalue weighted by molar-refractivity contribution is 0.0716. The lowest BCUT2D eigenvalue weighted by Gasteiger charge is -2.41. The molecule has 3 heterocycles. The number of fused-ring (bicyclic) bond motifs is 4. The first-order chi connectivity index (χ1) is 10.4. The van der Waals surface area contributed by atoms with Gasteiger partial charge in [-0.05, 0) is 27.7 Å². The van der Waals surface area contributed by atoms with Crippen molar-refractivity contribution < 1.29 is 14.0 Å². The Labute approximate surface area is 132 Å². The van der Waals surface area contributed by atoms with E-state index in [1.165, 1.54) is 0 Å². The van der Waals surface area contributed by atoms with Gasteiger partial charge in [-0.2, -0.15) is 0 Å². The van der Waals surface area contributed by atoms with Crippen LogP contribution in [0.25, 0.3) is 11.0 Å². The zero-order valence-electron chi connectivity index (χ0n) is 12.9. The van der Waals surface area contributed by atoms with Crippen molar-refractivity contribution in [1.82, 2.24) is 10.6 Å². The predicted molar refractivity (Wildman–Crippen MR) is 85.0 cm³/mol. The lowest BCUT2D eigenvalue weighted by Crippen LogP contribution is -2.70. The Kier molecular flexibility index (Phi) is 2.89. The summed E-state index contributed by atoms with van der Waals surface area (Å²) in [4.78, 5) is 27.8. The van der Waals surface area contributed by atoms with E-state index in [4.69, 9.17) is 4.42 Å². The molecule has 1 aliphatic carbocycles. The standard InChI is InChI=1S/C16H18N2O3S/c1-5-6(2)18-12-11(17-5)13(19)10-9-7(3)22-8(4)15(9)21-16(10)14(12)20/h5-6,11-12,17-18H,1-4H3. The SMILES string of the molecule is Cc1sc(C)c2c3c(oc12)C(=O)C1NC(C)C(C)NC1C3=O. The van der Waals surface area contributed by atoms with Gasteiger partial charge in [0, 0.05) is 27.2 Å². The summed E-state index contributed by atoms with van der Waals surface area (Å²) in [7, 11) is 0. The van der Waals surface area contributed by atoms with Gasteiger partial charge in [-0.1, -0.05) is 0 Å². The summed E-state index contributed by atoms with van der Waals surface area (Å²) < 4.78 is 5.81. The second kappa shape index (κ2) is 4.50. The molecule has 0 radical (unpaired) electrons. The minimum Gasteiger partial charge on any atom is -0.451 e. The van der Waals surface area contributed by atoms with Crippen molar-refractivity contribution in [3.05, 3.63) is 21.1 Å². The number of carbonyl (C=O) groups is 2. The minimum atomic E-state index is -0.536. The smallest absolute Gasteiger partial charge is 0.217 e. The van der Waals surface area contributed by atoms with Crippen molar-refractivity contribution in [3.63, 3.8) is 0 Å². The highest BCUT2D eigenvalue weighted by atomic mass is 32.1. The Bertz CT molecular complexity index is 819. The Morgan fingerprint density at radius 1 is 0.955 bits per heavy atom. The van der Waals surface area contributed by atoms with E-state index in [1.54, 1.807) is 11.3 Å². The maximum atomic E-state index is 13.0. The van der Waals surface area contributed by atoms with Crippen molar-refractivity contribution in [2.45, 2.75) is 51.9 Å². The normalized spacial score (nSPS) is 31.5. The summed E-state index contributed by atoms with van der Waals surface area (Å²) >= 11 is 1.60. The van der Waals surface area contributed by atoms with Gasteiger partial charge in [0.25, 0.3) is 0 Å². The van der Waals surface area contributed by atoms with Crippen LogP contribution in [0.4, 0.5) is 0 Å². The number of furan rings is 1. The van der Waals surface area contributed by atoms with Gasteiger partial charge < -0.3 is 15.1 Å². The first-order valence-corrected chi connectivity index (χ1v) is 8.34. The van der Waals surface area contributed by atoms with E-state index in [9.17, 15) is 9.59 Å². The number of piperazine rings is 1. The molecule has 4 rings (SSSR count). The molecule has 1 fully saturated rings. The molecule has 0 amide bonds. The number of ketones is 2. The lowest BCUT2D eigenvalue weighted by atomic mass is 9.82. The second-order valence-electron chi connectivity index (χ2n) is 6.32. The molecule has 2 aromatic heterocycles. The van der Waals surface area contributed by atoms with Crippen molar-refractivity contribution >= 4 is 33.9 Å². The third kappa shape index (κ3) is 1.66. The van der Waals surface area contributed by atoms with Gasteiger partial charge in [-0.3, -0.25) is 9.59 Å². The molecule has 0 bridgehead atoms. The molecule has 4 atom stereocenters. The molecule has 0 spiro atoms. The average molecular weight is 318 g/mol. The number of Topliss-reactive ketones (excluding diaryl/α,β-unsaturated/α-hetero) is 2. The quantitative estimate of drug-likeness (QED) is 0.779. The summed E-state index contributed by atoms with van der Waals surface area (Å²) in [5, 5.41) is 7.38. The molecule has 22 heavy (non-hydrogen) atoms. The zero-order valence-corrected chi connectivity index (χ0v) is 13.8.